The molecule has 0 aliphatic heterocycles. The smallest absolute Gasteiger partial charge is 0.261 e. The predicted octanol–water partition coefficient (Wildman–Crippen LogP) is 2.76. The minimum absolute atomic E-state index is 0.133. The summed E-state index contributed by atoms with van der Waals surface area (Å²) < 4.78 is 1.59. The van der Waals surface area contributed by atoms with Crippen molar-refractivity contribution in [3.8, 4) is 0 Å². The Morgan fingerprint density at radius 1 is 1.04 bits per heavy atom. The lowest BCUT2D eigenvalue weighted by Gasteiger charge is -2.08. The van der Waals surface area contributed by atoms with Gasteiger partial charge in [-0.2, -0.15) is 10.2 Å². The average Bonchev–Trinajstić information content (AvgIpc) is 3.02. The van der Waals surface area contributed by atoms with Crippen molar-refractivity contribution in [2.75, 3.05) is 0 Å². The standard InChI is InChI=1S/C19H18N4O/c1-15-12-20-23(13-15)14-18(24)21-22-19(16-8-4-2-5-9-16)17-10-6-3-7-11-17/h2-13H,14H2,1H3,(H,21,24). The van der Waals surface area contributed by atoms with Gasteiger partial charge in [0, 0.05) is 17.3 Å². The molecule has 0 fully saturated rings. The number of aromatic nitrogens is 2. The number of benzene rings is 2. The SMILES string of the molecule is Cc1cnn(CC(=O)NN=C(c2ccccc2)c2ccccc2)c1. The molecular formula is C19H18N4O. The van der Waals surface area contributed by atoms with Gasteiger partial charge in [-0.3, -0.25) is 9.48 Å². The van der Waals surface area contributed by atoms with Gasteiger partial charge in [-0.25, -0.2) is 5.43 Å². The molecule has 5 heteroatoms. The van der Waals surface area contributed by atoms with Gasteiger partial charge in [0.15, 0.2) is 0 Å². The Labute approximate surface area is 140 Å². The molecule has 0 unspecified atom stereocenters. The van der Waals surface area contributed by atoms with Crippen molar-refractivity contribution in [1.29, 1.82) is 0 Å². The normalized spacial score (nSPS) is 10.2. The molecule has 120 valence electrons. The van der Waals surface area contributed by atoms with Crippen LogP contribution in [0.5, 0.6) is 0 Å². The fraction of sp³-hybridized carbons (Fsp3) is 0.105. The van der Waals surface area contributed by atoms with Crippen molar-refractivity contribution in [2.45, 2.75) is 13.5 Å². The molecular weight excluding hydrogens is 300 g/mol. The molecule has 24 heavy (non-hydrogen) atoms. The zero-order chi connectivity index (χ0) is 16.8. The second kappa shape index (κ2) is 7.37. The Kier molecular flexibility index (Phi) is 4.81. The monoisotopic (exact) mass is 318 g/mol. The summed E-state index contributed by atoms with van der Waals surface area (Å²) in [7, 11) is 0. The molecule has 5 nitrogen and oxygen atoms in total. The second-order valence-electron chi connectivity index (χ2n) is 5.44. The van der Waals surface area contributed by atoms with Gasteiger partial charge in [0.2, 0.25) is 0 Å². The first kappa shape index (κ1) is 15.7. The van der Waals surface area contributed by atoms with Gasteiger partial charge in [0.05, 0.1) is 11.9 Å². The highest BCUT2D eigenvalue weighted by molar-refractivity contribution is 6.13. The molecule has 2 aromatic carbocycles. The Bertz CT molecular complexity index is 797. The summed E-state index contributed by atoms with van der Waals surface area (Å²) in [6.45, 7) is 2.07. The first-order chi connectivity index (χ1) is 11.7. The minimum atomic E-state index is -0.220. The zero-order valence-corrected chi connectivity index (χ0v) is 13.4. The molecule has 0 aliphatic rings. The molecule has 0 radical (unpaired) electrons. The third kappa shape index (κ3) is 3.95. The molecule has 0 atom stereocenters. The summed E-state index contributed by atoms with van der Waals surface area (Å²) in [5.41, 5.74) is 6.25. The van der Waals surface area contributed by atoms with Crippen LogP contribution in [0.4, 0.5) is 0 Å². The van der Waals surface area contributed by atoms with Gasteiger partial charge in [-0.05, 0) is 12.5 Å². The van der Waals surface area contributed by atoms with Gasteiger partial charge in [0.25, 0.3) is 5.91 Å². The van der Waals surface area contributed by atoms with E-state index in [0.717, 1.165) is 22.4 Å². The van der Waals surface area contributed by atoms with Crippen LogP contribution in [-0.2, 0) is 11.3 Å². The molecule has 3 rings (SSSR count). The predicted molar refractivity (Wildman–Crippen MR) is 93.6 cm³/mol. The zero-order valence-electron chi connectivity index (χ0n) is 13.4. The van der Waals surface area contributed by atoms with E-state index in [2.05, 4.69) is 15.6 Å². The maximum Gasteiger partial charge on any atom is 0.261 e. The molecule has 0 bridgehead atoms. The van der Waals surface area contributed by atoms with Crippen molar-refractivity contribution in [3.05, 3.63) is 89.7 Å². The third-order valence-electron chi connectivity index (χ3n) is 3.45. The van der Waals surface area contributed by atoms with Crippen LogP contribution in [0.25, 0.3) is 0 Å². The Hall–Kier alpha value is -3.21. The average molecular weight is 318 g/mol. The second-order valence-corrected chi connectivity index (χ2v) is 5.44. The quantitative estimate of drug-likeness (QED) is 0.581. The molecule has 1 aromatic heterocycles. The molecule has 0 aliphatic carbocycles. The molecule has 1 heterocycles. The van der Waals surface area contributed by atoms with Crippen molar-refractivity contribution in [3.63, 3.8) is 0 Å². The number of rotatable bonds is 5. The van der Waals surface area contributed by atoms with E-state index in [1.807, 2.05) is 73.8 Å². The van der Waals surface area contributed by atoms with Crippen LogP contribution in [0.15, 0.2) is 78.2 Å². The summed E-state index contributed by atoms with van der Waals surface area (Å²) in [5, 5.41) is 8.45. The Morgan fingerprint density at radius 3 is 2.12 bits per heavy atom. The molecule has 0 spiro atoms. The van der Waals surface area contributed by atoms with Gasteiger partial charge >= 0.3 is 0 Å². The van der Waals surface area contributed by atoms with Crippen LogP contribution >= 0.6 is 0 Å². The summed E-state index contributed by atoms with van der Waals surface area (Å²) in [6.07, 6.45) is 3.54. The maximum absolute atomic E-state index is 12.1. The number of hydrogen-bond donors (Lipinski definition) is 1. The largest absolute Gasteiger partial charge is 0.271 e. The minimum Gasteiger partial charge on any atom is -0.271 e. The first-order valence-corrected chi connectivity index (χ1v) is 7.69. The van der Waals surface area contributed by atoms with E-state index >= 15 is 0 Å². The van der Waals surface area contributed by atoms with Crippen LogP contribution in [0.2, 0.25) is 0 Å². The molecule has 0 saturated carbocycles. The number of hydrogen-bond acceptors (Lipinski definition) is 3. The molecule has 0 saturated heterocycles. The van der Waals surface area contributed by atoms with Crippen molar-refractivity contribution >= 4 is 11.6 Å². The number of carbonyl (C=O) groups is 1. The van der Waals surface area contributed by atoms with Crippen LogP contribution < -0.4 is 5.43 Å². The summed E-state index contributed by atoms with van der Waals surface area (Å²) in [5.74, 6) is -0.220. The van der Waals surface area contributed by atoms with Crippen LogP contribution in [0.1, 0.15) is 16.7 Å². The lowest BCUT2D eigenvalue weighted by Crippen LogP contribution is -2.25. The number of aryl methyl sites for hydroxylation is 1. The molecule has 3 aromatic rings. The maximum atomic E-state index is 12.1. The molecule has 1 N–H and O–H groups in total. The number of nitrogens with zero attached hydrogens (tertiary/aromatic N) is 3. The highest BCUT2D eigenvalue weighted by Gasteiger charge is 2.08. The topological polar surface area (TPSA) is 59.3 Å². The van der Waals surface area contributed by atoms with Crippen molar-refractivity contribution < 1.29 is 4.79 Å². The summed E-state index contributed by atoms with van der Waals surface area (Å²) in [4.78, 5) is 12.1. The number of hydrazone groups is 1. The lowest BCUT2D eigenvalue weighted by atomic mass is 10.0. The fourth-order valence-corrected chi connectivity index (χ4v) is 2.34. The van der Waals surface area contributed by atoms with E-state index < -0.39 is 0 Å². The number of amides is 1. The van der Waals surface area contributed by atoms with E-state index in [4.69, 9.17) is 0 Å². The third-order valence-corrected chi connectivity index (χ3v) is 3.45. The fourth-order valence-electron chi connectivity index (χ4n) is 2.34. The Morgan fingerprint density at radius 2 is 1.62 bits per heavy atom. The van der Waals surface area contributed by atoms with E-state index in [9.17, 15) is 4.79 Å². The van der Waals surface area contributed by atoms with Crippen LogP contribution in [0.3, 0.4) is 0 Å². The number of carbonyl (C=O) groups excluding carboxylic acids is 1. The molecule has 1 amide bonds. The lowest BCUT2D eigenvalue weighted by molar-refractivity contribution is -0.121. The number of nitrogens with one attached hydrogen (secondary N) is 1. The van der Waals surface area contributed by atoms with E-state index in [0.29, 0.717) is 0 Å². The van der Waals surface area contributed by atoms with Crippen molar-refractivity contribution in [2.24, 2.45) is 5.10 Å². The van der Waals surface area contributed by atoms with Crippen molar-refractivity contribution in [1.82, 2.24) is 15.2 Å². The van der Waals surface area contributed by atoms with Gasteiger partial charge in [-0.15, -0.1) is 0 Å². The first-order valence-electron chi connectivity index (χ1n) is 7.69. The highest BCUT2D eigenvalue weighted by atomic mass is 16.2. The van der Waals surface area contributed by atoms with Gasteiger partial charge in [-0.1, -0.05) is 60.7 Å². The highest BCUT2D eigenvalue weighted by Crippen LogP contribution is 2.10. The van der Waals surface area contributed by atoms with Gasteiger partial charge in [0.1, 0.15) is 6.54 Å². The summed E-state index contributed by atoms with van der Waals surface area (Å²) in [6, 6.07) is 19.6. The van der Waals surface area contributed by atoms with E-state index in [-0.39, 0.29) is 12.5 Å². The van der Waals surface area contributed by atoms with Crippen LogP contribution in [0, 0.1) is 6.92 Å². The summed E-state index contributed by atoms with van der Waals surface area (Å²) >= 11 is 0. The van der Waals surface area contributed by atoms with E-state index in [1.54, 1.807) is 10.9 Å². The van der Waals surface area contributed by atoms with Gasteiger partial charge < -0.3 is 0 Å². The van der Waals surface area contributed by atoms with Crippen LogP contribution in [-0.4, -0.2) is 21.4 Å². The Balaban J connectivity index is 1.80. The van der Waals surface area contributed by atoms with E-state index in [1.165, 1.54) is 0 Å².